The highest BCUT2D eigenvalue weighted by molar-refractivity contribution is 4.70. The van der Waals surface area contributed by atoms with Crippen LogP contribution in [0.4, 0.5) is 0 Å². The Kier molecular flexibility index (Phi) is 7.03. The zero-order chi connectivity index (χ0) is 10.9. The number of nitrogens with one attached hydrogen (secondary N) is 1. The highest BCUT2D eigenvalue weighted by Crippen LogP contribution is 2.31. The summed E-state index contributed by atoms with van der Waals surface area (Å²) >= 11 is 0. The Morgan fingerprint density at radius 3 is 2.87 bits per heavy atom. The molecule has 0 heterocycles. The molecular formula is C13H27NO. The molecule has 2 heteroatoms. The summed E-state index contributed by atoms with van der Waals surface area (Å²) in [5.41, 5.74) is 0. The molecule has 0 aromatic carbocycles. The Bertz CT molecular complexity index is 149. The minimum Gasteiger partial charge on any atom is -0.383 e. The van der Waals surface area contributed by atoms with E-state index in [-0.39, 0.29) is 0 Å². The summed E-state index contributed by atoms with van der Waals surface area (Å²) in [6.07, 6.45) is 8.62. The SMILES string of the molecule is COCCNCCCC1CCCC(C)C1. The largest absolute Gasteiger partial charge is 0.383 e. The number of ether oxygens (including phenoxy) is 1. The molecule has 2 atom stereocenters. The number of rotatable bonds is 7. The molecule has 1 saturated carbocycles. The van der Waals surface area contributed by atoms with Crippen molar-refractivity contribution >= 4 is 0 Å². The van der Waals surface area contributed by atoms with E-state index in [9.17, 15) is 0 Å². The summed E-state index contributed by atoms with van der Waals surface area (Å²) in [5.74, 6) is 1.99. The highest BCUT2D eigenvalue weighted by atomic mass is 16.5. The molecule has 90 valence electrons. The van der Waals surface area contributed by atoms with Gasteiger partial charge in [-0.05, 0) is 37.6 Å². The predicted molar refractivity (Wildman–Crippen MR) is 65.1 cm³/mol. The van der Waals surface area contributed by atoms with E-state index in [1.165, 1.54) is 38.5 Å². The van der Waals surface area contributed by atoms with E-state index in [4.69, 9.17) is 4.74 Å². The Hall–Kier alpha value is -0.0800. The Morgan fingerprint density at radius 2 is 2.13 bits per heavy atom. The zero-order valence-electron chi connectivity index (χ0n) is 10.4. The van der Waals surface area contributed by atoms with Crippen molar-refractivity contribution in [1.29, 1.82) is 0 Å². The summed E-state index contributed by atoms with van der Waals surface area (Å²) in [5, 5.41) is 3.41. The molecule has 1 aliphatic rings. The summed E-state index contributed by atoms with van der Waals surface area (Å²) in [6, 6.07) is 0. The lowest BCUT2D eigenvalue weighted by Crippen LogP contribution is -2.21. The van der Waals surface area contributed by atoms with Crippen LogP contribution in [0.25, 0.3) is 0 Å². The molecule has 1 rings (SSSR count). The first-order valence-corrected chi connectivity index (χ1v) is 6.52. The Morgan fingerprint density at radius 1 is 1.27 bits per heavy atom. The van der Waals surface area contributed by atoms with Crippen LogP contribution in [0.3, 0.4) is 0 Å². The van der Waals surface area contributed by atoms with Crippen LogP contribution >= 0.6 is 0 Å². The fourth-order valence-electron chi connectivity index (χ4n) is 2.64. The van der Waals surface area contributed by atoms with E-state index in [0.29, 0.717) is 0 Å². The van der Waals surface area contributed by atoms with Gasteiger partial charge in [0.15, 0.2) is 0 Å². The molecule has 0 bridgehead atoms. The van der Waals surface area contributed by atoms with Gasteiger partial charge in [-0.25, -0.2) is 0 Å². The maximum atomic E-state index is 4.99. The quantitative estimate of drug-likeness (QED) is 0.657. The van der Waals surface area contributed by atoms with Gasteiger partial charge >= 0.3 is 0 Å². The van der Waals surface area contributed by atoms with Gasteiger partial charge in [-0.1, -0.05) is 26.2 Å². The lowest BCUT2D eigenvalue weighted by atomic mass is 9.80. The van der Waals surface area contributed by atoms with Crippen LogP contribution < -0.4 is 5.32 Å². The van der Waals surface area contributed by atoms with Crippen LogP contribution in [0.2, 0.25) is 0 Å². The van der Waals surface area contributed by atoms with Gasteiger partial charge < -0.3 is 10.1 Å². The topological polar surface area (TPSA) is 21.3 Å². The van der Waals surface area contributed by atoms with E-state index in [2.05, 4.69) is 12.2 Å². The molecule has 15 heavy (non-hydrogen) atoms. The van der Waals surface area contributed by atoms with Crippen molar-refractivity contribution in [1.82, 2.24) is 5.32 Å². The van der Waals surface area contributed by atoms with Crippen molar-refractivity contribution < 1.29 is 4.74 Å². The van der Waals surface area contributed by atoms with Crippen molar-refractivity contribution in [2.45, 2.75) is 45.4 Å². The van der Waals surface area contributed by atoms with Gasteiger partial charge in [0.2, 0.25) is 0 Å². The van der Waals surface area contributed by atoms with Crippen molar-refractivity contribution in [2.75, 3.05) is 26.8 Å². The van der Waals surface area contributed by atoms with Crippen molar-refractivity contribution in [2.24, 2.45) is 11.8 Å². The molecule has 1 aliphatic carbocycles. The molecule has 0 radical (unpaired) electrons. The van der Waals surface area contributed by atoms with Crippen LogP contribution in [0.1, 0.15) is 45.4 Å². The molecule has 1 N–H and O–H groups in total. The van der Waals surface area contributed by atoms with Crippen LogP contribution in [0.5, 0.6) is 0 Å². The summed E-state index contributed by atoms with van der Waals surface area (Å²) in [4.78, 5) is 0. The predicted octanol–water partition coefficient (Wildman–Crippen LogP) is 2.83. The van der Waals surface area contributed by atoms with Gasteiger partial charge in [-0.2, -0.15) is 0 Å². The second-order valence-corrected chi connectivity index (χ2v) is 5.02. The van der Waals surface area contributed by atoms with Gasteiger partial charge in [0.1, 0.15) is 0 Å². The van der Waals surface area contributed by atoms with Gasteiger partial charge in [-0.3, -0.25) is 0 Å². The lowest BCUT2D eigenvalue weighted by molar-refractivity contribution is 0.198. The molecular weight excluding hydrogens is 186 g/mol. The number of methoxy groups -OCH3 is 1. The van der Waals surface area contributed by atoms with Crippen LogP contribution in [0.15, 0.2) is 0 Å². The number of hydrogen-bond donors (Lipinski definition) is 1. The smallest absolute Gasteiger partial charge is 0.0587 e. The van der Waals surface area contributed by atoms with Crippen molar-refractivity contribution in [3.63, 3.8) is 0 Å². The maximum Gasteiger partial charge on any atom is 0.0587 e. The Labute approximate surface area is 94.8 Å². The molecule has 0 aliphatic heterocycles. The maximum absolute atomic E-state index is 4.99. The lowest BCUT2D eigenvalue weighted by Gasteiger charge is -2.26. The molecule has 0 aromatic heterocycles. The van der Waals surface area contributed by atoms with Gasteiger partial charge in [0, 0.05) is 13.7 Å². The average Bonchev–Trinajstić information content (AvgIpc) is 2.23. The van der Waals surface area contributed by atoms with Gasteiger partial charge in [0.25, 0.3) is 0 Å². The molecule has 0 amide bonds. The van der Waals surface area contributed by atoms with E-state index in [0.717, 1.165) is 31.5 Å². The minimum absolute atomic E-state index is 0.834. The van der Waals surface area contributed by atoms with E-state index in [1.54, 1.807) is 7.11 Å². The monoisotopic (exact) mass is 213 g/mol. The fourth-order valence-corrected chi connectivity index (χ4v) is 2.64. The molecule has 2 unspecified atom stereocenters. The van der Waals surface area contributed by atoms with Crippen molar-refractivity contribution in [3.8, 4) is 0 Å². The summed E-state index contributed by atoms with van der Waals surface area (Å²) < 4.78 is 4.99. The average molecular weight is 213 g/mol. The van der Waals surface area contributed by atoms with Gasteiger partial charge in [-0.15, -0.1) is 0 Å². The van der Waals surface area contributed by atoms with Crippen LogP contribution in [0, 0.1) is 11.8 Å². The first-order chi connectivity index (χ1) is 7.33. The third-order valence-corrected chi connectivity index (χ3v) is 3.49. The number of hydrogen-bond acceptors (Lipinski definition) is 2. The van der Waals surface area contributed by atoms with Gasteiger partial charge in [0.05, 0.1) is 6.61 Å². The summed E-state index contributed by atoms with van der Waals surface area (Å²) in [7, 11) is 1.76. The zero-order valence-corrected chi connectivity index (χ0v) is 10.4. The first-order valence-electron chi connectivity index (χ1n) is 6.52. The van der Waals surface area contributed by atoms with E-state index in [1.807, 2.05) is 0 Å². The normalized spacial score (nSPS) is 26.8. The van der Waals surface area contributed by atoms with E-state index >= 15 is 0 Å². The fraction of sp³-hybridized carbons (Fsp3) is 1.00. The second kappa shape index (κ2) is 8.12. The third kappa shape index (κ3) is 6.16. The molecule has 2 nitrogen and oxygen atoms in total. The molecule has 0 spiro atoms. The van der Waals surface area contributed by atoms with E-state index < -0.39 is 0 Å². The molecule has 1 fully saturated rings. The van der Waals surface area contributed by atoms with Crippen molar-refractivity contribution in [3.05, 3.63) is 0 Å². The molecule has 0 aromatic rings. The second-order valence-electron chi connectivity index (χ2n) is 5.02. The Balaban J connectivity index is 1.90. The van der Waals surface area contributed by atoms with Crippen LogP contribution in [-0.2, 0) is 4.74 Å². The third-order valence-electron chi connectivity index (χ3n) is 3.49. The minimum atomic E-state index is 0.834. The first kappa shape index (κ1) is 13.0. The standard InChI is InChI=1S/C13H27NO/c1-12-5-3-6-13(11-12)7-4-8-14-9-10-15-2/h12-14H,3-11H2,1-2H3. The highest BCUT2D eigenvalue weighted by Gasteiger charge is 2.17. The molecule has 0 saturated heterocycles. The summed E-state index contributed by atoms with van der Waals surface area (Å²) in [6.45, 7) is 5.40. The van der Waals surface area contributed by atoms with Crippen LogP contribution in [-0.4, -0.2) is 26.8 Å².